The first kappa shape index (κ1) is 14.9. The number of primary amides is 1. The lowest BCUT2D eigenvalue weighted by Gasteiger charge is -2.09. The molecule has 5 N–H and O–H groups in total. The lowest BCUT2D eigenvalue weighted by molar-refractivity contribution is -0.118. The van der Waals surface area contributed by atoms with Crippen molar-refractivity contribution in [1.29, 1.82) is 0 Å². The number of aromatic nitrogens is 2. The van der Waals surface area contributed by atoms with Crippen molar-refractivity contribution >= 4 is 17.5 Å². The molecule has 104 valence electrons. The van der Waals surface area contributed by atoms with E-state index in [-0.39, 0.29) is 29.6 Å². The fourth-order valence-corrected chi connectivity index (χ4v) is 1.41. The summed E-state index contributed by atoms with van der Waals surface area (Å²) in [6.45, 7) is 4.21. The quantitative estimate of drug-likeness (QED) is 0.633. The van der Waals surface area contributed by atoms with Gasteiger partial charge in [0.15, 0.2) is 5.69 Å². The van der Waals surface area contributed by atoms with Crippen molar-refractivity contribution in [3.05, 3.63) is 17.7 Å². The third-order valence-electron chi connectivity index (χ3n) is 2.45. The molecule has 0 spiro atoms. The van der Waals surface area contributed by atoms with E-state index in [4.69, 9.17) is 11.5 Å². The lowest BCUT2D eigenvalue weighted by atomic mass is 10.2. The SMILES string of the molecule is CC(C)c1ncc(N)c(C(=O)NCCCC(N)=O)n1. The molecule has 1 heterocycles. The maximum Gasteiger partial charge on any atom is 0.272 e. The second-order valence-electron chi connectivity index (χ2n) is 4.51. The number of nitrogens with zero attached hydrogens (tertiary/aromatic N) is 2. The molecule has 0 bridgehead atoms. The van der Waals surface area contributed by atoms with Gasteiger partial charge in [0.05, 0.1) is 11.9 Å². The van der Waals surface area contributed by atoms with Crippen LogP contribution in [0.25, 0.3) is 0 Å². The van der Waals surface area contributed by atoms with Crippen LogP contribution >= 0.6 is 0 Å². The highest BCUT2D eigenvalue weighted by molar-refractivity contribution is 5.96. The van der Waals surface area contributed by atoms with Crippen LogP contribution in [0.2, 0.25) is 0 Å². The monoisotopic (exact) mass is 265 g/mol. The van der Waals surface area contributed by atoms with Gasteiger partial charge in [-0.05, 0) is 6.42 Å². The molecule has 0 aliphatic heterocycles. The Morgan fingerprint density at radius 1 is 1.42 bits per heavy atom. The maximum atomic E-state index is 11.9. The Morgan fingerprint density at radius 3 is 2.68 bits per heavy atom. The molecule has 0 saturated heterocycles. The number of nitrogens with two attached hydrogens (primary N) is 2. The van der Waals surface area contributed by atoms with E-state index in [9.17, 15) is 9.59 Å². The summed E-state index contributed by atoms with van der Waals surface area (Å²) in [5.74, 6) is -0.0809. The van der Waals surface area contributed by atoms with Crippen molar-refractivity contribution in [1.82, 2.24) is 15.3 Å². The molecule has 0 radical (unpaired) electrons. The van der Waals surface area contributed by atoms with E-state index in [0.717, 1.165) is 0 Å². The minimum atomic E-state index is -0.391. The first-order chi connectivity index (χ1) is 8.91. The molecular weight excluding hydrogens is 246 g/mol. The minimum absolute atomic E-state index is 0.113. The highest BCUT2D eigenvalue weighted by Gasteiger charge is 2.14. The van der Waals surface area contributed by atoms with Gasteiger partial charge in [-0.1, -0.05) is 13.8 Å². The zero-order valence-electron chi connectivity index (χ0n) is 11.1. The predicted molar refractivity (Wildman–Crippen MR) is 71.3 cm³/mol. The first-order valence-electron chi connectivity index (χ1n) is 6.10. The molecule has 2 amide bonds. The molecule has 0 aliphatic rings. The molecule has 7 nitrogen and oxygen atoms in total. The number of amides is 2. The molecule has 1 aromatic heterocycles. The molecule has 19 heavy (non-hydrogen) atoms. The summed E-state index contributed by atoms with van der Waals surface area (Å²) >= 11 is 0. The van der Waals surface area contributed by atoms with E-state index in [1.807, 2.05) is 13.8 Å². The largest absolute Gasteiger partial charge is 0.396 e. The molecule has 0 unspecified atom stereocenters. The highest BCUT2D eigenvalue weighted by Crippen LogP contribution is 2.13. The van der Waals surface area contributed by atoms with Gasteiger partial charge in [-0.25, -0.2) is 9.97 Å². The fraction of sp³-hybridized carbons (Fsp3) is 0.500. The van der Waals surface area contributed by atoms with Crippen LogP contribution in [-0.4, -0.2) is 28.3 Å². The van der Waals surface area contributed by atoms with E-state index in [2.05, 4.69) is 15.3 Å². The van der Waals surface area contributed by atoms with Crippen LogP contribution in [0.5, 0.6) is 0 Å². The zero-order chi connectivity index (χ0) is 14.4. The van der Waals surface area contributed by atoms with Gasteiger partial charge >= 0.3 is 0 Å². The highest BCUT2D eigenvalue weighted by atomic mass is 16.2. The fourth-order valence-electron chi connectivity index (χ4n) is 1.41. The number of carbonyl (C=O) groups excluding carboxylic acids is 2. The van der Waals surface area contributed by atoms with Gasteiger partial charge in [-0.3, -0.25) is 9.59 Å². The summed E-state index contributed by atoms with van der Waals surface area (Å²) in [6, 6.07) is 0. The molecule has 0 atom stereocenters. The lowest BCUT2D eigenvalue weighted by Crippen LogP contribution is -2.28. The Bertz CT molecular complexity index is 473. The molecule has 0 aliphatic carbocycles. The van der Waals surface area contributed by atoms with Crippen molar-refractivity contribution in [2.45, 2.75) is 32.6 Å². The summed E-state index contributed by atoms with van der Waals surface area (Å²) in [6.07, 6.45) is 2.15. The molecule has 1 aromatic rings. The van der Waals surface area contributed by atoms with Crippen molar-refractivity contribution in [3.63, 3.8) is 0 Å². The van der Waals surface area contributed by atoms with Gasteiger partial charge in [-0.15, -0.1) is 0 Å². The van der Waals surface area contributed by atoms with E-state index in [0.29, 0.717) is 18.8 Å². The minimum Gasteiger partial charge on any atom is -0.396 e. The van der Waals surface area contributed by atoms with Crippen LogP contribution < -0.4 is 16.8 Å². The number of rotatable bonds is 6. The Balaban J connectivity index is 2.65. The summed E-state index contributed by atoms with van der Waals surface area (Å²) in [7, 11) is 0. The number of nitrogens with one attached hydrogen (secondary N) is 1. The van der Waals surface area contributed by atoms with Crippen LogP contribution in [0.15, 0.2) is 6.20 Å². The van der Waals surface area contributed by atoms with Crippen molar-refractivity contribution in [3.8, 4) is 0 Å². The van der Waals surface area contributed by atoms with E-state index >= 15 is 0 Å². The number of anilines is 1. The maximum absolute atomic E-state index is 11.9. The van der Waals surface area contributed by atoms with Crippen molar-refractivity contribution < 1.29 is 9.59 Å². The zero-order valence-corrected chi connectivity index (χ0v) is 11.1. The van der Waals surface area contributed by atoms with Crippen LogP contribution in [-0.2, 0) is 4.79 Å². The normalized spacial score (nSPS) is 10.5. The van der Waals surface area contributed by atoms with E-state index in [1.165, 1.54) is 6.20 Å². The number of nitrogen functional groups attached to an aromatic ring is 1. The van der Waals surface area contributed by atoms with E-state index < -0.39 is 5.91 Å². The second kappa shape index (κ2) is 6.67. The predicted octanol–water partition coefficient (Wildman–Crippen LogP) is 0.178. The van der Waals surface area contributed by atoms with Crippen LogP contribution in [0.3, 0.4) is 0 Å². The Morgan fingerprint density at radius 2 is 2.11 bits per heavy atom. The topological polar surface area (TPSA) is 124 Å². The van der Waals surface area contributed by atoms with Crippen molar-refractivity contribution in [2.24, 2.45) is 5.73 Å². The average molecular weight is 265 g/mol. The van der Waals surface area contributed by atoms with Crippen molar-refractivity contribution in [2.75, 3.05) is 12.3 Å². The summed E-state index contributed by atoms with van der Waals surface area (Å²) < 4.78 is 0. The summed E-state index contributed by atoms with van der Waals surface area (Å²) in [4.78, 5) is 30.7. The molecule has 7 heteroatoms. The first-order valence-corrected chi connectivity index (χ1v) is 6.10. The second-order valence-corrected chi connectivity index (χ2v) is 4.51. The van der Waals surface area contributed by atoms with E-state index in [1.54, 1.807) is 0 Å². The average Bonchev–Trinajstić information content (AvgIpc) is 2.34. The third kappa shape index (κ3) is 4.53. The molecule has 0 fully saturated rings. The van der Waals surface area contributed by atoms with Gasteiger partial charge in [0.1, 0.15) is 5.82 Å². The van der Waals surface area contributed by atoms with Gasteiger partial charge in [0.2, 0.25) is 5.91 Å². The van der Waals surface area contributed by atoms with Gasteiger partial charge < -0.3 is 16.8 Å². The number of hydrogen-bond donors (Lipinski definition) is 3. The van der Waals surface area contributed by atoms with Crippen LogP contribution in [0.1, 0.15) is 48.9 Å². The van der Waals surface area contributed by atoms with Crippen LogP contribution in [0.4, 0.5) is 5.69 Å². The molecule has 0 saturated carbocycles. The van der Waals surface area contributed by atoms with Gasteiger partial charge in [0, 0.05) is 18.9 Å². The smallest absolute Gasteiger partial charge is 0.272 e. The number of hydrogen-bond acceptors (Lipinski definition) is 5. The third-order valence-corrected chi connectivity index (χ3v) is 2.45. The molecule has 1 rings (SSSR count). The van der Waals surface area contributed by atoms with Gasteiger partial charge in [0.25, 0.3) is 5.91 Å². The summed E-state index contributed by atoms with van der Waals surface area (Å²) in [5, 5.41) is 2.64. The Kier molecular flexibility index (Phi) is 5.23. The standard InChI is InChI=1S/C12H19N5O2/c1-7(2)11-16-6-8(13)10(17-11)12(19)15-5-3-4-9(14)18/h6-7H,3-5,13H2,1-2H3,(H2,14,18)(H,15,19). The molecular formula is C12H19N5O2. The number of carbonyl (C=O) groups is 2. The van der Waals surface area contributed by atoms with Crippen LogP contribution in [0, 0.1) is 0 Å². The van der Waals surface area contributed by atoms with Gasteiger partial charge in [-0.2, -0.15) is 0 Å². The molecule has 0 aromatic carbocycles. The Labute approximate surface area is 111 Å². The Hall–Kier alpha value is -2.18. The summed E-state index contributed by atoms with van der Waals surface area (Å²) in [5.41, 5.74) is 11.1.